The molecule has 0 radical (unpaired) electrons. The minimum atomic E-state index is -0.263. The van der Waals surface area contributed by atoms with E-state index < -0.39 is 0 Å². The third-order valence-corrected chi connectivity index (χ3v) is 4.69. The first-order chi connectivity index (χ1) is 9.63. The molecule has 102 valence electrons. The lowest BCUT2D eigenvalue weighted by atomic mass is 10.2. The fourth-order valence-corrected chi connectivity index (χ4v) is 3.31. The predicted molar refractivity (Wildman–Crippen MR) is 85.8 cm³/mol. The fourth-order valence-electron chi connectivity index (χ4n) is 1.98. The molecule has 2 nitrogen and oxygen atoms in total. The lowest BCUT2D eigenvalue weighted by molar-refractivity contribution is 0.627. The molecule has 0 spiro atoms. The number of fused-ring (bicyclic) bond motifs is 1. The normalized spacial score (nSPS) is 12.6. The smallest absolute Gasteiger partial charge is 0.146 e. The van der Waals surface area contributed by atoms with E-state index in [9.17, 15) is 4.39 Å². The van der Waals surface area contributed by atoms with Gasteiger partial charge >= 0.3 is 0 Å². The van der Waals surface area contributed by atoms with Crippen molar-refractivity contribution in [3.05, 3.63) is 57.8 Å². The Hall–Kier alpha value is -1.46. The van der Waals surface area contributed by atoms with Gasteiger partial charge < -0.3 is 5.32 Å². The van der Waals surface area contributed by atoms with Gasteiger partial charge in [0.15, 0.2) is 0 Å². The number of aromatic nitrogens is 1. The quantitative estimate of drug-likeness (QED) is 0.686. The highest BCUT2D eigenvalue weighted by Gasteiger charge is 2.13. The van der Waals surface area contributed by atoms with Crippen LogP contribution in [-0.4, -0.2) is 4.98 Å². The van der Waals surface area contributed by atoms with Gasteiger partial charge in [0.1, 0.15) is 10.8 Å². The SMILES string of the molecule is CC(Nc1cc(Br)ccc1F)c1nc2ccccc2s1. The maximum Gasteiger partial charge on any atom is 0.146 e. The van der Waals surface area contributed by atoms with Crippen molar-refractivity contribution in [2.24, 2.45) is 0 Å². The van der Waals surface area contributed by atoms with Crippen molar-refractivity contribution in [1.82, 2.24) is 4.98 Å². The van der Waals surface area contributed by atoms with Gasteiger partial charge in [-0.15, -0.1) is 11.3 Å². The molecule has 5 heteroatoms. The van der Waals surface area contributed by atoms with Crippen molar-refractivity contribution >= 4 is 43.2 Å². The third-order valence-electron chi connectivity index (χ3n) is 2.98. The lowest BCUT2D eigenvalue weighted by Crippen LogP contribution is -2.07. The number of anilines is 1. The summed E-state index contributed by atoms with van der Waals surface area (Å²) in [7, 11) is 0. The van der Waals surface area contributed by atoms with Gasteiger partial charge in [0, 0.05) is 4.47 Å². The molecule has 1 unspecified atom stereocenters. The summed E-state index contributed by atoms with van der Waals surface area (Å²) in [5.41, 5.74) is 1.46. The van der Waals surface area contributed by atoms with Gasteiger partial charge in [0.05, 0.1) is 21.9 Å². The molecule has 0 amide bonds. The average Bonchev–Trinajstić information content (AvgIpc) is 2.87. The van der Waals surface area contributed by atoms with Gasteiger partial charge in [-0.05, 0) is 37.3 Å². The average molecular weight is 351 g/mol. The Labute approximate surface area is 128 Å². The number of nitrogens with one attached hydrogen (secondary N) is 1. The number of benzene rings is 2. The van der Waals surface area contributed by atoms with Crippen molar-refractivity contribution in [2.45, 2.75) is 13.0 Å². The Balaban J connectivity index is 1.88. The minimum Gasteiger partial charge on any atom is -0.374 e. The van der Waals surface area contributed by atoms with E-state index >= 15 is 0 Å². The van der Waals surface area contributed by atoms with Crippen LogP contribution in [0.25, 0.3) is 10.2 Å². The molecule has 1 aromatic heterocycles. The topological polar surface area (TPSA) is 24.9 Å². The van der Waals surface area contributed by atoms with Gasteiger partial charge in [0.2, 0.25) is 0 Å². The van der Waals surface area contributed by atoms with Crippen LogP contribution >= 0.6 is 27.3 Å². The van der Waals surface area contributed by atoms with E-state index in [2.05, 4.69) is 26.2 Å². The number of nitrogens with zero attached hydrogens (tertiary/aromatic N) is 1. The van der Waals surface area contributed by atoms with Gasteiger partial charge in [-0.3, -0.25) is 0 Å². The van der Waals surface area contributed by atoms with Crippen LogP contribution in [0.5, 0.6) is 0 Å². The minimum absolute atomic E-state index is 0.0452. The van der Waals surface area contributed by atoms with Crippen molar-refractivity contribution in [3.8, 4) is 0 Å². The molecular formula is C15H12BrFN2S. The molecule has 0 saturated heterocycles. The summed E-state index contributed by atoms with van der Waals surface area (Å²) in [6.07, 6.45) is 0. The number of para-hydroxylation sites is 1. The van der Waals surface area contributed by atoms with E-state index in [4.69, 9.17) is 0 Å². The maximum absolute atomic E-state index is 13.7. The molecule has 1 heterocycles. The highest BCUT2D eigenvalue weighted by Crippen LogP contribution is 2.29. The van der Waals surface area contributed by atoms with Crippen LogP contribution < -0.4 is 5.32 Å². The number of halogens is 2. The summed E-state index contributed by atoms with van der Waals surface area (Å²) in [6, 6.07) is 12.8. The van der Waals surface area contributed by atoms with Crippen LogP contribution in [0, 0.1) is 5.82 Å². The molecule has 3 rings (SSSR count). The molecule has 0 bridgehead atoms. The molecule has 1 atom stereocenters. The summed E-state index contributed by atoms with van der Waals surface area (Å²) in [5.74, 6) is -0.263. The summed E-state index contributed by atoms with van der Waals surface area (Å²) in [6.45, 7) is 1.98. The van der Waals surface area contributed by atoms with Gasteiger partial charge in [-0.25, -0.2) is 9.37 Å². The number of thiazole rings is 1. The molecular weight excluding hydrogens is 339 g/mol. The summed E-state index contributed by atoms with van der Waals surface area (Å²) >= 11 is 4.98. The fraction of sp³-hybridized carbons (Fsp3) is 0.133. The first-order valence-corrected chi connectivity index (χ1v) is 7.81. The Morgan fingerprint density at radius 3 is 2.85 bits per heavy atom. The Bertz CT molecular complexity index is 723. The summed E-state index contributed by atoms with van der Waals surface area (Å²) in [4.78, 5) is 4.58. The zero-order valence-electron chi connectivity index (χ0n) is 10.7. The monoisotopic (exact) mass is 350 g/mol. The molecule has 0 aliphatic heterocycles. The summed E-state index contributed by atoms with van der Waals surface area (Å²) < 4.78 is 15.7. The number of rotatable bonds is 3. The zero-order chi connectivity index (χ0) is 14.1. The number of hydrogen-bond donors (Lipinski definition) is 1. The van der Waals surface area contributed by atoms with Gasteiger partial charge in [-0.2, -0.15) is 0 Å². The lowest BCUT2D eigenvalue weighted by Gasteiger charge is -2.13. The van der Waals surface area contributed by atoms with E-state index in [0.29, 0.717) is 5.69 Å². The van der Waals surface area contributed by atoms with Crippen molar-refractivity contribution in [1.29, 1.82) is 0 Å². The first kappa shape index (κ1) is 13.5. The molecule has 1 N–H and O–H groups in total. The number of hydrogen-bond acceptors (Lipinski definition) is 3. The molecule has 3 aromatic rings. The van der Waals surface area contributed by atoms with Crippen LogP contribution in [0.3, 0.4) is 0 Å². The van der Waals surface area contributed by atoms with Crippen molar-refractivity contribution in [2.75, 3.05) is 5.32 Å². The molecule has 0 aliphatic carbocycles. The highest BCUT2D eigenvalue weighted by atomic mass is 79.9. The first-order valence-electron chi connectivity index (χ1n) is 6.20. The van der Waals surface area contributed by atoms with E-state index in [1.165, 1.54) is 6.07 Å². The maximum atomic E-state index is 13.7. The van der Waals surface area contributed by atoms with Crippen molar-refractivity contribution in [3.63, 3.8) is 0 Å². The van der Waals surface area contributed by atoms with Crippen LogP contribution in [-0.2, 0) is 0 Å². The molecule has 20 heavy (non-hydrogen) atoms. The highest BCUT2D eigenvalue weighted by molar-refractivity contribution is 9.10. The molecule has 2 aromatic carbocycles. The van der Waals surface area contributed by atoms with E-state index in [1.54, 1.807) is 23.5 Å². The van der Waals surface area contributed by atoms with E-state index in [1.807, 2.05) is 31.2 Å². The third kappa shape index (κ3) is 2.69. The molecule has 0 saturated carbocycles. The van der Waals surface area contributed by atoms with E-state index in [-0.39, 0.29) is 11.9 Å². The Morgan fingerprint density at radius 1 is 1.25 bits per heavy atom. The van der Waals surface area contributed by atoms with E-state index in [0.717, 1.165) is 19.7 Å². The summed E-state index contributed by atoms with van der Waals surface area (Å²) in [5, 5.41) is 4.12. The van der Waals surface area contributed by atoms with Crippen LogP contribution in [0.1, 0.15) is 18.0 Å². The molecule has 0 aliphatic rings. The van der Waals surface area contributed by atoms with Gasteiger partial charge in [0.25, 0.3) is 0 Å². The second-order valence-corrected chi connectivity index (χ2v) is 6.49. The second-order valence-electron chi connectivity index (χ2n) is 4.51. The Morgan fingerprint density at radius 2 is 2.05 bits per heavy atom. The van der Waals surface area contributed by atoms with Gasteiger partial charge in [-0.1, -0.05) is 28.1 Å². The van der Waals surface area contributed by atoms with Crippen molar-refractivity contribution < 1.29 is 4.39 Å². The molecule has 0 fully saturated rings. The van der Waals surface area contributed by atoms with Crippen LogP contribution in [0.15, 0.2) is 46.9 Å². The zero-order valence-corrected chi connectivity index (χ0v) is 13.1. The second kappa shape index (κ2) is 5.50. The standard InChI is InChI=1S/C15H12BrFN2S/c1-9(18-13-8-10(16)6-7-11(13)17)15-19-12-4-2-3-5-14(12)20-15/h2-9,18H,1H3. The predicted octanol–water partition coefficient (Wildman–Crippen LogP) is 5.37. The Kier molecular flexibility index (Phi) is 3.72. The largest absolute Gasteiger partial charge is 0.374 e. The van der Waals surface area contributed by atoms with Crippen LogP contribution in [0.2, 0.25) is 0 Å². The van der Waals surface area contributed by atoms with Crippen LogP contribution in [0.4, 0.5) is 10.1 Å².